The fraction of sp³-hybridized carbons (Fsp3) is 0.319. The minimum Gasteiger partial charge on any atom is -0.478 e. The Balaban J connectivity index is 0.000000245. The first-order chi connectivity index (χ1) is 44.5. The number of ether oxygens (including phenoxy) is 3. The van der Waals surface area contributed by atoms with Crippen molar-refractivity contribution in [2.45, 2.75) is 138 Å². The number of carboxylic acid groups (broad SMARTS) is 1. The Bertz CT molecular complexity index is 3920. The summed E-state index contributed by atoms with van der Waals surface area (Å²) in [5.41, 5.74) is 5.33. The maximum absolute atomic E-state index is 13.4. The molecule has 0 saturated carbocycles. The highest BCUT2D eigenvalue weighted by atomic mass is 35.5. The van der Waals surface area contributed by atoms with Gasteiger partial charge in [-0.25, -0.2) is 28.5 Å². The van der Waals surface area contributed by atoms with Gasteiger partial charge in [0.1, 0.15) is 23.3 Å². The number of benzene rings is 7. The highest BCUT2D eigenvalue weighted by Gasteiger charge is 2.38. The van der Waals surface area contributed by atoms with Gasteiger partial charge in [0, 0.05) is 5.41 Å². The number of hydrogen-bond donors (Lipinski definition) is 3. The predicted octanol–water partition coefficient (Wildman–Crippen LogP) is 15.8. The first-order valence-electron chi connectivity index (χ1n) is 30.8. The molecule has 3 N–H and O–H groups in total. The number of Topliss-reactive ketones (excluding diaryl/α,β-unsaturated/α-hetero) is 1. The summed E-state index contributed by atoms with van der Waals surface area (Å²) in [7, 11) is 0. The van der Waals surface area contributed by atoms with Crippen molar-refractivity contribution in [3.8, 4) is 5.75 Å². The predicted molar refractivity (Wildman–Crippen MR) is 362 cm³/mol. The molecule has 0 aliphatic carbocycles. The molecule has 2 amide bonds. The Labute approximate surface area is 552 Å². The molecule has 2 unspecified atom stereocenters. The number of rotatable bonds is 24. The summed E-state index contributed by atoms with van der Waals surface area (Å²) in [5.74, 6) is -4.09. The average Bonchev–Trinajstić information content (AvgIpc) is 1.70. The third kappa shape index (κ3) is 23.2. The molecule has 0 fully saturated rings. The quantitative estimate of drug-likeness (QED) is 0.0220. The van der Waals surface area contributed by atoms with Gasteiger partial charge in [0.05, 0.1) is 55.8 Å². The largest absolute Gasteiger partial charge is 0.478 e. The van der Waals surface area contributed by atoms with Crippen LogP contribution in [0.2, 0.25) is 10.0 Å². The number of amides is 2. The van der Waals surface area contributed by atoms with Gasteiger partial charge in [0.2, 0.25) is 5.91 Å². The number of fused-ring (bicyclic) bond motifs is 2. The van der Waals surface area contributed by atoms with Crippen LogP contribution in [0.15, 0.2) is 164 Å². The average molecular weight is 1300 g/mol. The molecule has 93 heavy (non-hydrogen) atoms. The van der Waals surface area contributed by atoms with Gasteiger partial charge in [-0.2, -0.15) is 0 Å². The van der Waals surface area contributed by atoms with Crippen LogP contribution in [0, 0.1) is 26.2 Å². The van der Waals surface area contributed by atoms with E-state index in [1.165, 1.54) is 115 Å². The molecular weight excluding hydrogens is 1220 g/mol. The van der Waals surface area contributed by atoms with E-state index in [1.807, 2.05) is 55.5 Å². The first-order valence-corrected chi connectivity index (χ1v) is 31.6. The lowest BCUT2D eigenvalue weighted by atomic mass is 9.86. The molecule has 9 aromatic rings. The van der Waals surface area contributed by atoms with E-state index in [0.29, 0.717) is 38.5 Å². The summed E-state index contributed by atoms with van der Waals surface area (Å²) in [6, 6.07) is 46.2. The highest BCUT2D eigenvalue weighted by molar-refractivity contribution is 6.34. The number of carbonyl (C=O) groups excluding carboxylic acids is 6. The van der Waals surface area contributed by atoms with Gasteiger partial charge in [0.15, 0.2) is 17.9 Å². The molecule has 488 valence electrons. The summed E-state index contributed by atoms with van der Waals surface area (Å²) in [5, 5.41) is 31.1. The number of aryl methyl sites for hydroxylation is 3. The second kappa shape index (κ2) is 36.5. The number of esters is 3. The van der Waals surface area contributed by atoms with Crippen molar-refractivity contribution in [1.82, 2.24) is 30.0 Å². The van der Waals surface area contributed by atoms with Gasteiger partial charge in [-0.05, 0) is 119 Å². The smallest absolute Gasteiger partial charge is 0.347 e. The Kier molecular flexibility index (Phi) is 28.4. The van der Waals surface area contributed by atoms with Crippen LogP contribution in [0.1, 0.15) is 153 Å². The van der Waals surface area contributed by atoms with E-state index in [4.69, 9.17) is 37.4 Å². The number of hydrogen-bond acceptors (Lipinski definition) is 14. The summed E-state index contributed by atoms with van der Waals surface area (Å²) in [6.07, 6.45) is 10.7. The molecule has 9 rings (SSSR count). The van der Waals surface area contributed by atoms with E-state index in [-0.39, 0.29) is 46.3 Å². The summed E-state index contributed by atoms with van der Waals surface area (Å²) >= 11 is 12.6. The summed E-state index contributed by atoms with van der Waals surface area (Å²) < 4.78 is 18.4. The number of aromatic nitrogens is 6. The van der Waals surface area contributed by atoms with Crippen molar-refractivity contribution in [3.05, 3.63) is 207 Å². The zero-order valence-corrected chi connectivity index (χ0v) is 55.2. The standard InChI is InChI=1S/C31H39ClN4O7.C27H25ClN4O4.C8H10.C6H6/c1-3-4-5-6-7-8-9-10-11-12-17-42-30(40)21(2)43-31(41)23-14-15-25(24(32)18-23)33-28(37)20-36-27-19-22(29(38)39)13-16-26(27)34-35-36;1-16-10-12-19(28)20(14-16)29-25(34)23(24(33)27(2,3)4)32-22-13-11-17(15-21(22)30-31-32)26(35)36-18-8-6-5-7-9-18;1-7-4-3-5-8(2)6-7;1-2-4-6-5-3-1/h13-16,18-19,21H,3-12,17,20H2,1-2H3,(H,33,37)(H,38,39);5-15,23H,1-4H3,(H,29,34);3-6H,1-2H3;1-6H. The normalized spacial score (nSPS) is 11.5. The number of ketones is 1. The topological polar surface area (TPSA) is 253 Å². The van der Waals surface area contributed by atoms with Crippen molar-refractivity contribution in [2.24, 2.45) is 5.41 Å². The van der Waals surface area contributed by atoms with Crippen LogP contribution in [-0.4, -0.2) is 89.3 Å². The van der Waals surface area contributed by atoms with Crippen LogP contribution in [0.3, 0.4) is 0 Å². The number of halogens is 2. The SMILES string of the molecule is CCCCCCCCCCCCOC(=O)C(C)OC(=O)c1ccc(NC(=O)Cn2nnc3ccc(C(=O)O)cc32)c(Cl)c1.Cc1ccc(Cl)c(NC(=O)C(C(=O)C(C)(C)C)n2nnc3cc(C(=O)Oc4ccccc4)ccc32)c1.Cc1cccc(C)c1.c1ccccc1. The van der Waals surface area contributed by atoms with E-state index in [1.54, 1.807) is 69.3 Å². The Morgan fingerprint density at radius 3 is 1.74 bits per heavy atom. The molecule has 0 spiro atoms. The van der Waals surface area contributed by atoms with Gasteiger partial charge in [-0.3, -0.25) is 14.4 Å². The van der Waals surface area contributed by atoms with Crippen molar-refractivity contribution >= 4 is 98.1 Å². The Morgan fingerprint density at radius 2 is 1.14 bits per heavy atom. The second-order valence-corrected chi connectivity index (χ2v) is 24.0. The molecule has 0 radical (unpaired) electrons. The summed E-state index contributed by atoms with van der Waals surface area (Å²) in [4.78, 5) is 88.2. The van der Waals surface area contributed by atoms with Gasteiger partial charge < -0.3 is 30.0 Å². The minimum absolute atomic E-state index is 0.0404. The number of para-hydroxylation sites is 1. The lowest BCUT2D eigenvalue weighted by molar-refractivity contribution is -0.153. The zero-order valence-electron chi connectivity index (χ0n) is 53.7. The molecule has 7 aromatic carbocycles. The maximum Gasteiger partial charge on any atom is 0.347 e. The van der Waals surface area contributed by atoms with E-state index < -0.39 is 53.3 Å². The van der Waals surface area contributed by atoms with Gasteiger partial charge in [-0.1, -0.05) is 215 Å². The van der Waals surface area contributed by atoms with Gasteiger partial charge in [-0.15, -0.1) is 10.2 Å². The van der Waals surface area contributed by atoms with Crippen LogP contribution in [0.5, 0.6) is 5.75 Å². The lowest BCUT2D eigenvalue weighted by Crippen LogP contribution is -2.39. The fourth-order valence-corrected chi connectivity index (χ4v) is 9.63. The molecule has 0 aliphatic heterocycles. The third-order valence-electron chi connectivity index (χ3n) is 14.3. The third-order valence-corrected chi connectivity index (χ3v) is 14.9. The minimum atomic E-state index is -1.31. The molecule has 2 aromatic heterocycles. The number of carboxylic acids is 1. The van der Waals surface area contributed by atoms with Crippen LogP contribution in [0.4, 0.5) is 11.4 Å². The number of anilines is 2. The number of nitrogens with zero attached hydrogens (tertiary/aromatic N) is 6. The molecular formula is C72H80Cl2N8O11. The molecule has 21 heteroatoms. The number of unbranched alkanes of at least 4 members (excludes halogenated alkanes) is 9. The van der Waals surface area contributed by atoms with Gasteiger partial charge in [0.25, 0.3) is 5.91 Å². The van der Waals surface area contributed by atoms with Crippen molar-refractivity contribution in [3.63, 3.8) is 0 Å². The summed E-state index contributed by atoms with van der Waals surface area (Å²) in [6.45, 7) is 15.0. The van der Waals surface area contributed by atoms with Crippen LogP contribution >= 0.6 is 23.2 Å². The van der Waals surface area contributed by atoms with Gasteiger partial charge >= 0.3 is 23.9 Å². The van der Waals surface area contributed by atoms with Crippen LogP contribution in [0.25, 0.3) is 22.1 Å². The van der Waals surface area contributed by atoms with E-state index in [9.17, 15) is 38.7 Å². The van der Waals surface area contributed by atoms with Crippen molar-refractivity contribution < 1.29 is 52.9 Å². The number of nitrogens with one attached hydrogen (secondary N) is 2. The molecule has 19 nitrogen and oxygen atoms in total. The zero-order chi connectivity index (χ0) is 67.5. The maximum atomic E-state index is 13.4. The second-order valence-electron chi connectivity index (χ2n) is 23.1. The van der Waals surface area contributed by atoms with Crippen LogP contribution in [-0.2, 0) is 35.2 Å². The molecule has 0 bridgehead atoms. The molecule has 0 saturated heterocycles. The van der Waals surface area contributed by atoms with E-state index in [2.05, 4.69) is 76.3 Å². The lowest BCUT2D eigenvalue weighted by Gasteiger charge is -2.24. The Hall–Kier alpha value is -9.59. The number of aromatic carboxylic acids is 1. The van der Waals surface area contributed by atoms with Crippen molar-refractivity contribution in [1.29, 1.82) is 0 Å². The van der Waals surface area contributed by atoms with E-state index >= 15 is 0 Å². The Morgan fingerprint density at radius 1 is 0.559 bits per heavy atom. The highest BCUT2D eigenvalue weighted by Crippen LogP contribution is 2.30. The number of carbonyl (C=O) groups is 7. The monoisotopic (exact) mass is 1300 g/mol. The van der Waals surface area contributed by atoms with E-state index in [0.717, 1.165) is 24.8 Å². The molecule has 2 heterocycles. The first kappa shape index (κ1) is 72.5. The fourth-order valence-electron chi connectivity index (χ4n) is 9.23. The van der Waals surface area contributed by atoms with Crippen molar-refractivity contribution in [2.75, 3.05) is 17.2 Å². The molecule has 2 atom stereocenters. The van der Waals surface area contributed by atoms with Crippen LogP contribution < -0.4 is 15.4 Å². The molecule has 0 aliphatic rings.